The van der Waals surface area contributed by atoms with Gasteiger partial charge in [-0.3, -0.25) is 9.78 Å². The van der Waals surface area contributed by atoms with Crippen LogP contribution in [0, 0.1) is 23.2 Å². The number of aromatic nitrogens is 1. The number of aliphatic hydroxyl groups is 1. The van der Waals surface area contributed by atoms with Crippen LogP contribution in [-0.2, 0) is 11.2 Å². The van der Waals surface area contributed by atoms with E-state index in [9.17, 15) is 9.90 Å². The maximum absolute atomic E-state index is 12.1. The molecule has 124 valence electrons. The van der Waals surface area contributed by atoms with Crippen LogP contribution in [0.1, 0.15) is 44.2 Å². The molecule has 0 saturated heterocycles. The molecule has 1 amide bonds. The zero-order chi connectivity index (χ0) is 15.9. The molecule has 1 heterocycles. The molecule has 0 unspecified atom stereocenters. The minimum atomic E-state index is -0.399. The zero-order valence-corrected chi connectivity index (χ0v) is 13.6. The van der Waals surface area contributed by atoms with E-state index in [1.165, 1.54) is 19.3 Å². The van der Waals surface area contributed by atoms with E-state index in [0.29, 0.717) is 6.54 Å². The second kappa shape index (κ2) is 5.90. The maximum Gasteiger partial charge on any atom is 0.226 e. The first kappa shape index (κ1) is 15.1. The second-order valence-electron chi connectivity index (χ2n) is 8.10. The molecule has 0 spiro atoms. The number of carbonyl (C=O) groups excluding carboxylic acids is 1. The molecule has 1 aromatic heterocycles. The summed E-state index contributed by atoms with van der Waals surface area (Å²) in [6.07, 6.45) is 9.20. The molecule has 1 aromatic rings. The highest BCUT2D eigenvalue weighted by Gasteiger charge is 2.53. The molecule has 4 aliphatic carbocycles. The van der Waals surface area contributed by atoms with E-state index < -0.39 is 6.10 Å². The maximum atomic E-state index is 12.1. The van der Waals surface area contributed by atoms with Crippen LogP contribution in [0.5, 0.6) is 0 Å². The Morgan fingerprint density at radius 2 is 1.87 bits per heavy atom. The molecular formula is C19H26N2O2. The third-order valence-corrected chi connectivity index (χ3v) is 6.35. The van der Waals surface area contributed by atoms with Crippen LogP contribution in [0.25, 0.3) is 0 Å². The first-order chi connectivity index (χ1) is 11.1. The van der Waals surface area contributed by atoms with Crippen LogP contribution in [0.4, 0.5) is 0 Å². The molecule has 4 bridgehead atoms. The molecule has 4 saturated carbocycles. The Hall–Kier alpha value is -1.42. The molecular weight excluding hydrogens is 288 g/mol. The molecule has 23 heavy (non-hydrogen) atoms. The Balaban J connectivity index is 1.33. The zero-order valence-electron chi connectivity index (χ0n) is 13.6. The molecule has 1 atom stereocenters. The molecule has 2 N–H and O–H groups in total. The Morgan fingerprint density at radius 1 is 1.22 bits per heavy atom. The third-order valence-electron chi connectivity index (χ3n) is 6.35. The largest absolute Gasteiger partial charge is 0.391 e. The lowest BCUT2D eigenvalue weighted by Crippen LogP contribution is -2.54. The van der Waals surface area contributed by atoms with Gasteiger partial charge in [0.2, 0.25) is 5.91 Å². The summed E-state index contributed by atoms with van der Waals surface area (Å²) < 4.78 is 0. The van der Waals surface area contributed by atoms with Crippen molar-refractivity contribution in [3.8, 4) is 0 Å². The van der Waals surface area contributed by atoms with E-state index >= 15 is 0 Å². The average Bonchev–Trinajstić information content (AvgIpc) is 2.52. The normalized spacial score (nSPS) is 36.0. The van der Waals surface area contributed by atoms with Gasteiger partial charge in [-0.1, -0.05) is 6.07 Å². The van der Waals surface area contributed by atoms with Gasteiger partial charge in [-0.2, -0.15) is 0 Å². The molecule has 0 radical (unpaired) electrons. The lowest BCUT2D eigenvalue weighted by Gasteiger charge is -2.58. The first-order valence-corrected chi connectivity index (χ1v) is 8.98. The van der Waals surface area contributed by atoms with Crippen molar-refractivity contribution in [2.45, 2.75) is 51.0 Å². The van der Waals surface area contributed by atoms with Gasteiger partial charge >= 0.3 is 0 Å². The van der Waals surface area contributed by atoms with Gasteiger partial charge in [0.15, 0.2) is 0 Å². The van der Waals surface area contributed by atoms with Crippen molar-refractivity contribution in [1.82, 2.24) is 10.3 Å². The Bertz CT molecular complexity index is 537. The van der Waals surface area contributed by atoms with E-state index in [2.05, 4.69) is 10.3 Å². The summed E-state index contributed by atoms with van der Waals surface area (Å²) in [6, 6.07) is 5.59. The van der Waals surface area contributed by atoms with E-state index in [-0.39, 0.29) is 17.7 Å². The summed E-state index contributed by atoms with van der Waals surface area (Å²) in [4.78, 5) is 16.3. The summed E-state index contributed by atoms with van der Waals surface area (Å²) in [6.45, 7) is 0.387. The number of rotatable bonds is 5. The molecule has 4 aliphatic rings. The number of hydrogen-bond donors (Lipinski definition) is 2. The number of nitrogens with one attached hydrogen (secondary N) is 1. The SMILES string of the molecule is O=C(Cc1ccccn1)NC[C@H](O)C12CC3CC(CC(C3)C1)C2. The van der Waals surface area contributed by atoms with E-state index in [1.807, 2.05) is 18.2 Å². The summed E-state index contributed by atoms with van der Waals surface area (Å²) >= 11 is 0. The summed E-state index contributed by atoms with van der Waals surface area (Å²) in [5.74, 6) is 2.41. The molecule has 4 fully saturated rings. The van der Waals surface area contributed by atoms with Gasteiger partial charge in [-0.15, -0.1) is 0 Å². The monoisotopic (exact) mass is 314 g/mol. The van der Waals surface area contributed by atoms with Crippen molar-refractivity contribution in [1.29, 1.82) is 0 Å². The van der Waals surface area contributed by atoms with E-state index in [1.54, 1.807) is 6.20 Å². The van der Waals surface area contributed by atoms with E-state index in [4.69, 9.17) is 0 Å². The summed E-state index contributed by atoms with van der Waals surface area (Å²) in [5.41, 5.74) is 0.849. The van der Waals surface area contributed by atoms with Gasteiger partial charge in [0.1, 0.15) is 0 Å². The second-order valence-corrected chi connectivity index (χ2v) is 8.10. The number of hydrogen-bond acceptors (Lipinski definition) is 3. The molecule has 4 heteroatoms. The Labute approximate surface area is 137 Å². The van der Waals surface area contributed by atoms with Crippen LogP contribution in [0.3, 0.4) is 0 Å². The van der Waals surface area contributed by atoms with Crippen LogP contribution in [0.15, 0.2) is 24.4 Å². The quantitative estimate of drug-likeness (QED) is 0.877. The highest BCUT2D eigenvalue weighted by molar-refractivity contribution is 5.78. The number of carbonyl (C=O) groups is 1. The fourth-order valence-corrected chi connectivity index (χ4v) is 5.74. The van der Waals surface area contributed by atoms with Crippen molar-refractivity contribution >= 4 is 5.91 Å². The number of nitrogens with zero attached hydrogens (tertiary/aromatic N) is 1. The predicted molar refractivity (Wildman–Crippen MR) is 87.6 cm³/mol. The Kier molecular flexibility index (Phi) is 3.88. The minimum Gasteiger partial charge on any atom is -0.391 e. The number of aliphatic hydroxyl groups excluding tert-OH is 1. The highest BCUT2D eigenvalue weighted by Crippen LogP contribution is 2.61. The van der Waals surface area contributed by atoms with Crippen molar-refractivity contribution < 1.29 is 9.90 Å². The van der Waals surface area contributed by atoms with Crippen LogP contribution < -0.4 is 5.32 Å². The lowest BCUT2D eigenvalue weighted by atomic mass is 9.48. The van der Waals surface area contributed by atoms with Gasteiger partial charge in [0, 0.05) is 18.4 Å². The highest BCUT2D eigenvalue weighted by atomic mass is 16.3. The summed E-state index contributed by atoms with van der Waals surface area (Å²) in [5, 5.41) is 13.7. The number of amides is 1. The van der Waals surface area contributed by atoms with Crippen LogP contribution in [0.2, 0.25) is 0 Å². The summed E-state index contributed by atoms with van der Waals surface area (Å²) in [7, 11) is 0. The van der Waals surface area contributed by atoms with Crippen LogP contribution >= 0.6 is 0 Å². The van der Waals surface area contributed by atoms with Crippen LogP contribution in [-0.4, -0.2) is 28.6 Å². The number of pyridine rings is 1. The standard InChI is InChI=1S/C19H26N2O2/c22-17(12-21-18(23)8-16-3-1-2-4-20-16)19-9-13-5-14(10-19)7-15(6-13)11-19/h1-4,13-15,17,22H,5-12H2,(H,21,23)/t13?,14?,15?,17-,19?/m0/s1. The van der Waals surface area contributed by atoms with Gasteiger partial charge in [-0.05, 0) is 73.8 Å². The van der Waals surface area contributed by atoms with Crippen molar-refractivity contribution in [2.24, 2.45) is 23.2 Å². The van der Waals surface area contributed by atoms with Gasteiger partial charge < -0.3 is 10.4 Å². The predicted octanol–water partition coefficient (Wildman–Crippen LogP) is 2.32. The average molecular weight is 314 g/mol. The molecule has 5 rings (SSSR count). The molecule has 0 aromatic carbocycles. The van der Waals surface area contributed by atoms with E-state index in [0.717, 1.165) is 42.7 Å². The van der Waals surface area contributed by atoms with Crippen molar-refractivity contribution in [2.75, 3.05) is 6.54 Å². The Morgan fingerprint density at radius 3 is 2.43 bits per heavy atom. The van der Waals surface area contributed by atoms with Gasteiger partial charge in [0.05, 0.1) is 12.5 Å². The van der Waals surface area contributed by atoms with Crippen molar-refractivity contribution in [3.05, 3.63) is 30.1 Å². The van der Waals surface area contributed by atoms with Gasteiger partial charge in [0.25, 0.3) is 0 Å². The lowest BCUT2D eigenvalue weighted by molar-refractivity contribution is -0.128. The first-order valence-electron chi connectivity index (χ1n) is 8.98. The minimum absolute atomic E-state index is 0.0486. The van der Waals surface area contributed by atoms with Gasteiger partial charge in [-0.25, -0.2) is 0 Å². The third kappa shape index (κ3) is 3.01. The topological polar surface area (TPSA) is 62.2 Å². The van der Waals surface area contributed by atoms with Crippen molar-refractivity contribution in [3.63, 3.8) is 0 Å². The fourth-order valence-electron chi connectivity index (χ4n) is 5.74. The fraction of sp³-hybridized carbons (Fsp3) is 0.684. The molecule has 0 aliphatic heterocycles. The molecule has 4 nitrogen and oxygen atoms in total. The smallest absolute Gasteiger partial charge is 0.226 e.